The van der Waals surface area contributed by atoms with Crippen LogP contribution in [0.25, 0.3) is 0 Å². The van der Waals surface area contributed by atoms with Gasteiger partial charge in [0.15, 0.2) is 0 Å². The normalized spacial score (nSPS) is 29.4. The first-order chi connectivity index (χ1) is 7.74. The third-order valence-corrected chi connectivity index (χ3v) is 3.39. The minimum Gasteiger partial charge on any atom is -0.330 e. The predicted octanol–water partition coefficient (Wildman–Crippen LogP) is -0.186. The summed E-state index contributed by atoms with van der Waals surface area (Å²) in [5.41, 5.74) is 0. The Hall–Kier alpha value is -1.23. The van der Waals surface area contributed by atoms with E-state index < -0.39 is 0 Å². The van der Waals surface area contributed by atoms with Crippen LogP contribution in [0.3, 0.4) is 0 Å². The van der Waals surface area contributed by atoms with Crippen molar-refractivity contribution in [3.05, 3.63) is 0 Å². The van der Waals surface area contributed by atoms with Crippen molar-refractivity contribution < 1.29 is 9.59 Å². The van der Waals surface area contributed by atoms with Gasteiger partial charge in [-0.1, -0.05) is 0 Å². The molecule has 0 aliphatic carbocycles. The molecule has 2 amide bonds. The Labute approximate surface area is 94.9 Å². The minimum atomic E-state index is -0.356. The van der Waals surface area contributed by atoms with Crippen LogP contribution in [-0.4, -0.2) is 49.1 Å². The third kappa shape index (κ3) is 2.00. The molecule has 0 aromatic carbocycles. The van der Waals surface area contributed by atoms with Crippen LogP contribution in [0, 0.1) is 5.92 Å². The SMILES string of the molecule is C=NC(=O)[C@H]1CCCN1C(=O)[C@@H]1CCNC1. The van der Waals surface area contributed by atoms with Gasteiger partial charge < -0.3 is 10.2 Å². The molecule has 5 nitrogen and oxygen atoms in total. The number of nitrogens with zero attached hydrogens (tertiary/aromatic N) is 2. The highest BCUT2D eigenvalue weighted by molar-refractivity contribution is 5.91. The van der Waals surface area contributed by atoms with Crippen LogP contribution in [0.5, 0.6) is 0 Å². The number of hydrogen-bond acceptors (Lipinski definition) is 3. The zero-order chi connectivity index (χ0) is 11.5. The van der Waals surface area contributed by atoms with Crippen LogP contribution >= 0.6 is 0 Å². The van der Waals surface area contributed by atoms with Crippen LogP contribution in [0.1, 0.15) is 19.3 Å². The molecule has 2 aliphatic heterocycles. The molecule has 2 heterocycles. The van der Waals surface area contributed by atoms with Crippen molar-refractivity contribution in [3.8, 4) is 0 Å². The summed E-state index contributed by atoms with van der Waals surface area (Å²) in [6.45, 7) is 5.55. The van der Waals surface area contributed by atoms with E-state index in [-0.39, 0.29) is 23.8 Å². The van der Waals surface area contributed by atoms with Crippen molar-refractivity contribution in [3.63, 3.8) is 0 Å². The molecule has 0 aromatic heterocycles. The number of amides is 2. The lowest BCUT2D eigenvalue weighted by molar-refractivity contribution is -0.140. The first kappa shape index (κ1) is 11.3. The quantitative estimate of drug-likeness (QED) is 0.660. The zero-order valence-electron chi connectivity index (χ0n) is 9.32. The van der Waals surface area contributed by atoms with Gasteiger partial charge in [0.25, 0.3) is 5.91 Å². The van der Waals surface area contributed by atoms with Gasteiger partial charge in [0, 0.05) is 13.1 Å². The summed E-state index contributed by atoms with van der Waals surface area (Å²) in [6.07, 6.45) is 2.49. The van der Waals surface area contributed by atoms with Gasteiger partial charge in [0.2, 0.25) is 5.91 Å². The van der Waals surface area contributed by atoms with Crippen molar-refractivity contribution in [2.75, 3.05) is 19.6 Å². The maximum Gasteiger partial charge on any atom is 0.267 e. The molecule has 2 fully saturated rings. The topological polar surface area (TPSA) is 61.8 Å². The lowest BCUT2D eigenvalue weighted by Crippen LogP contribution is -2.43. The zero-order valence-corrected chi connectivity index (χ0v) is 9.32. The Bertz CT molecular complexity index is 310. The summed E-state index contributed by atoms with van der Waals surface area (Å²) in [5, 5.41) is 3.17. The van der Waals surface area contributed by atoms with Gasteiger partial charge in [-0.25, -0.2) is 4.99 Å². The standard InChI is InChI=1S/C11H17N3O2/c1-12-10(15)9-3-2-6-14(9)11(16)8-4-5-13-7-8/h8-9,13H,1-7H2/t8-,9-/m1/s1. The second kappa shape index (κ2) is 4.74. The molecule has 2 saturated heterocycles. The molecule has 2 rings (SSSR count). The van der Waals surface area contributed by atoms with E-state index in [1.165, 1.54) is 0 Å². The number of hydrogen-bond donors (Lipinski definition) is 1. The molecule has 0 saturated carbocycles. The molecule has 0 spiro atoms. The first-order valence-electron chi connectivity index (χ1n) is 5.76. The predicted molar refractivity (Wildman–Crippen MR) is 60.3 cm³/mol. The molecule has 0 bridgehead atoms. The van der Waals surface area contributed by atoms with Crippen LogP contribution in [0.4, 0.5) is 0 Å². The molecule has 2 aliphatic rings. The highest BCUT2D eigenvalue weighted by Gasteiger charge is 2.37. The third-order valence-electron chi connectivity index (χ3n) is 3.39. The smallest absolute Gasteiger partial charge is 0.267 e. The van der Waals surface area contributed by atoms with Gasteiger partial charge in [-0.05, 0) is 32.5 Å². The van der Waals surface area contributed by atoms with E-state index in [1.54, 1.807) is 4.90 Å². The number of rotatable bonds is 2. The Morgan fingerprint density at radius 3 is 2.81 bits per heavy atom. The molecular formula is C11H17N3O2. The number of nitrogens with one attached hydrogen (secondary N) is 1. The average Bonchev–Trinajstić information content (AvgIpc) is 2.97. The van der Waals surface area contributed by atoms with Gasteiger partial charge in [-0.2, -0.15) is 0 Å². The van der Waals surface area contributed by atoms with Crippen molar-refractivity contribution >= 4 is 18.5 Å². The van der Waals surface area contributed by atoms with Crippen LogP contribution < -0.4 is 5.32 Å². The minimum absolute atomic E-state index is 0.0400. The fourth-order valence-electron chi connectivity index (χ4n) is 2.49. The van der Waals surface area contributed by atoms with E-state index >= 15 is 0 Å². The number of carbonyl (C=O) groups excluding carboxylic acids is 2. The van der Waals surface area contributed by atoms with Crippen molar-refractivity contribution in [1.29, 1.82) is 0 Å². The molecular weight excluding hydrogens is 206 g/mol. The molecule has 0 radical (unpaired) electrons. The van der Waals surface area contributed by atoms with E-state index in [0.29, 0.717) is 6.54 Å². The van der Waals surface area contributed by atoms with Crippen molar-refractivity contribution in [1.82, 2.24) is 10.2 Å². The largest absolute Gasteiger partial charge is 0.330 e. The fraction of sp³-hybridized carbons (Fsp3) is 0.727. The molecule has 88 valence electrons. The van der Waals surface area contributed by atoms with Gasteiger partial charge in [0.05, 0.1) is 5.92 Å². The summed E-state index contributed by atoms with van der Waals surface area (Å²) >= 11 is 0. The van der Waals surface area contributed by atoms with E-state index in [0.717, 1.165) is 32.4 Å². The van der Waals surface area contributed by atoms with E-state index in [4.69, 9.17) is 0 Å². The number of likely N-dealkylation sites (tertiary alicyclic amines) is 1. The summed E-state index contributed by atoms with van der Waals surface area (Å²) in [6, 6.07) is -0.356. The molecule has 0 unspecified atom stereocenters. The molecule has 2 atom stereocenters. The molecule has 1 N–H and O–H groups in total. The van der Waals surface area contributed by atoms with Crippen molar-refractivity contribution in [2.24, 2.45) is 10.9 Å². The highest BCUT2D eigenvalue weighted by atomic mass is 16.2. The van der Waals surface area contributed by atoms with Crippen LogP contribution in [0.2, 0.25) is 0 Å². The maximum absolute atomic E-state index is 12.2. The fourth-order valence-corrected chi connectivity index (χ4v) is 2.49. The number of aliphatic imine (C=N–C) groups is 1. The Kier molecular flexibility index (Phi) is 3.33. The summed E-state index contributed by atoms with van der Waals surface area (Å²) in [5.74, 6) is -0.125. The first-order valence-corrected chi connectivity index (χ1v) is 5.76. The second-order valence-corrected chi connectivity index (χ2v) is 4.38. The average molecular weight is 223 g/mol. The molecule has 5 heteroatoms. The van der Waals surface area contributed by atoms with E-state index in [1.807, 2.05) is 0 Å². The van der Waals surface area contributed by atoms with E-state index in [9.17, 15) is 9.59 Å². The lowest BCUT2D eigenvalue weighted by atomic mass is 10.1. The molecule has 0 aromatic rings. The number of carbonyl (C=O) groups is 2. The molecule has 16 heavy (non-hydrogen) atoms. The van der Waals surface area contributed by atoms with Crippen LogP contribution in [0.15, 0.2) is 4.99 Å². The monoisotopic (exact) mass is 223 g/mol. The lowest BCUT2D eigenvalue weighted by Gasteiger charge is -2.24. The van der Waals surface area contributed by atoms with Gasteiger partial charge in [0.1, 0.15) is 6.04 Å². The van der Waals surface area contributed by atoms with Crippen LogP contribution in [-0.2, 0) is 9.59 Å². The highest BCUT2D eigenvalue weighted by Crippen LogP contribution is 2.22. The summed E-state index contributed by atoms with van der Waals surface area (Å²) < 4.78 is 0. The summed E-state index contributed by atoms with van der Waals surface area (Å²) in [7, 11) is 0. The van der Waals surface area contributed by atoms with E-state index in [2.05, 4.69) is 17.0 Å². The Balaban J connectivity index is 2.04. The second-order valence-electron chi connectivity index (χ2n) is 4.38. The Morgan fingerprint density at radius 2 is 2.19 bits per heavy atom. The van der Waals surface area contributed by atoms with Gasteiger partial charge in [-0.15, -0.1) is 0 Å². The summed E-state index contributed by atoms with van der Waals surface area (Å²) in [4.78, 5) is 28.8. The maximum atomic E-state index is 12.2. The van der Waals surface area contributed by atoms with Gasteiger partial charge in [-0.3, -0.25) is 9.59 Å². The van der Waals surface area contributed by atoms with Gasteiger partial charge >= 0.3 is 0 Å². The Morgan fingerprint density at radius 1 is 1.38 bits per heavy atom. The van der Waals surface area contributed by atoms with Crippen molar-refractivity contribution in [2.45, 2.75) is 25.3 Å².